The van der Waals surface area contributed by atoms with Gasteiger partial charge in [-0.25, -0.2) is 4.79 Å². The second-order valence-corrected chi connectivity index (χ2v) is 5.68. The van der Waals surface area contributed by atoms with E-state index < -0.39 is 5.97 Å². The molecule has 5 nitrogen and oxygen atoms in total. The van der Waals surface area contributed by atoms with E-state index in [0.717, 1.165) is 11.1 Å². The molecule has 1 aliphatic rings. The average Bonchev–Trinajstić information content (AvgIpc) is 2.53. The third kappa shape index (κ3) is 3.24. The largest absolute Gasteiger partial charge is 0.465 e. The molecule has 0 amide bonds. The van der Waals surface area contributed by atoms with Crippen LogP contribution in [0.2, 0.25) is 0 Å². The van der Waals surface area contributed by atoms with Gasteiger partial charge in [0.2, 0.25) is 0 Å². The molecule has 5 heteroatoms. The predicted octanol–water partition coefficient (Wildman–Crippen LogP) is 2.25. The number of fused-ring (bicyclic) bond motifs is 1. The van der Waals surface area contributed by atoms with Gasteiger partial charge < -0.3 is 10.5 Å². The van der Waals surface area contributed by atoms with E-state index in [0.29, 0.717) is 36.4 Å². The maximum atomic E-state index is 12.3. The summed E-state index contributed by atoms with van der Waals surface area (Å²) < 4.78 is 4.74. The maximum Gasteiger partial charge on any atom is 0.337 e. The zero-order valence-corrected chi connectivity index (χ0v) is 12.9. The smallest absolute Gasteiger partial charge is 0.337 e. The van der Waals surface area contributed by atoms with E-state index >= 15 is 0 Å². The van der Waals surface area contributed by atoms with Gasteiger partial charge in [0.05, 0.1) is 19.2 Å². The molecule has 118 valence electrons. The first-order valence-electron chi connectivity index (χ1n) is 7.38. The number of benzene rings is 2. The first-order valence-corrected chi connectivity index (χ1v) is 7.38. The van der Waals surface area contributed by atoms with Crippen LogP contribution in [0.3, 0.4) is 0 Å². The Bertz CT molecular complexity index is 771. The Labute approximate surface area is 134 Å². The minimum Gasteiger partial charge on any atom is -0.465 e. The fraction of sp³-hybridized carbons (Fsp3) is 0.222. The SMILES string of the molecule is COC(=O)c1ccc2c(c1)CN(Cc1cccc(N)c1)CC2=O. The molecule has 0 spiro atoms. The second kappa shape index (κ2) is 6.22. The monoisotopic (exact) mass is 310 g/mol. The molecule has 0 saturated carbocycles. The lowest BCUT2D eigenvalue weighted by Gasteiger charge is -2.28. The third-order valence-electron chi connectivity index (χ3n) is 3.95. The number of hydrogen-bond donors (Lipinski definition) is 1. The number of nitrogen functional groups attached to an aromatic ring is 1. The highest BCUT2D eigenvalue weighted by atomic mass is 16.5. The molecule has 0 saturated heterocycles. The van der Waals surface area contributed by atoms with Crippen molar-refractivity contribution in [2.45, 2.75) is 13.1 Å². The van der Waals surface area contributed by atoms with Gasteiger partial charge in [-0.3, -0.25) is 9.69 Å². The molecule has 0 radical (unpaired) electrons. The first kappa shape index (κ1) is 15.2. The molecule has 2 aromatic rings. The van der Waals surface area contributed by atoms with Crippen LogP contribution < -0.4 is 5.73 Å². The van der Waals surface area contributed by atoms with Crippen LogP contribution in [0.5, 0.6) is 0 Å². The van der Waals surface area contributed by atoms with Crippen LogP contribution in [0.4, 0.5) is 5.69 Å². The number of esters is 1. The van der Waals surface area contributed by atoms with Gasteiger partial charge in [0, 0.05) is 24.3 Å². The number of ketones is 1. The quantitative estimate of drug-likeness (QED) is 0.695. The van der Waals surface area contributed by atoms with E-state index in [2.05, 4.69) is 0 Å². The van der Waals surface area contributed by atoms with E-state index in [9.17, 15) is 9.59 Å². The molecular weight excluding hydrogens is 292 g/mol. The average molecular weight is 310 g/mol. The van der Waals surface area contributed by atoms with Crippen LogP contribution >= 0.6 is 0 Å². The fourth-order valence-electron chi connectivity index (χ4n) is 2.89. The molecule has 0 bridgehead atoms. The van der Waals surface area contributed by atoms with E-state index in [4.69, 9.17) is 10.5 Å². The summed E-state index contributed by atoms with van der Waals surface area (Å²) in [5.74, 6) is -0.334. The molecule has 0 atom stereocenters. The minimum atomic E-state index is -0.395. The molecule has 2 aromatic carbocycles. The molecule has 0 unspecified atom stereocenters. The third-order valence-corrected chi connectivity index (χ3v) is 3.95. The normalized spacial score (nSPS) is 14.4. The van der Waals surface area contributed by atoms with Crippen LogP contribution in [-0.4, -0.2) is 30.3 Å². The lowest BCUT2D eigenvalue weighted by atomic mass is 9.96. The Balaban J connectivity index is 1.84. The molecule has 2 N–H and O–H groups in total. The van der Waals surface area contributed by atoms with Crippen LogP contribution in [0.1, 0.15) is 31.8 Å². The highest BCUT2D eigenvalue weighted by Crippen LogP contribution is 2.22. The van der Waals surface area contributed by atoms with Crippen molar-refractivity contribution in [1.82, 2.24) is 4.90 Å². The number of nitrogens with zero attached hydrogens (tertiary/aromatic N) is 1. The van der Waals surface area contributed by atoms with Crippen molar-refractivity contribution in [1.29, 1.82) is 0 Å². The fourth-order valence-corrected chi connectivity index (χ4v) is 2.89. The van der Waals surface area contributed by atoms with Crippen molar-refractivity contribution >= 4 is 17.4 Å². The summed E-state index contributed by atoms with van der Waals surface area (Å²) in [5, 5.41) is 0. The number of carbonyl (C=O) groups is 2. The Morgan fingerprint density at radius 3 is 2.78 bits per heavy atom. The minimum absolute atomic E-state index is 0.0616. The summed E-state index contributed by atoms with van der Waals surface area (Å²) in [6.07, 6.45) is 0. The zero-order valence-electron chi connectivity index (χ0n) is 12.9. The van der Waals surface area contributed by atoms with Crippen LogP contribution in [0, 0.1) is 0 Å². The molecular formula is C18H18N2O3. The van der Waals surface area contributed by atoms with Crippen molar-refractivity contribution in [3.63, 3.8) is 0 Å². The number of ether oxygens (including phenoxy) is 1. The summed E-state index contributed by atoms with van der Waals surface area (Å²) >= 11 is 0. The summed E-state index contributed by atoms with van der Waals surface area (Å²) in [6.45, 7) is 1.61. The van der Waals surface area contributed by atoms with Crippen LogP contribution in [-0.2, 0) is 17.8 Å². The van der Waals surface area contributed by atoms with Gasteiger partial charge in [-0.05, 0) is 35.4 Å². The lowest BCUT2D eigenvalue weighted by molar-refractivity contribution is 0.0599. The van der Waals surface area contributed by atoms with Gasteiger partial charge in [-0.2, -0.15) is 0 Å². The van der Waals surface area contributed by atoms with E-state index in [1.54, 1.807) is 18.2 Å². The predicted molar refractivity (Wildman–Crippen MR) is 87.1 cm³/mol. The zero-order chi connectivity index (χ0) is 16.4. The molecule has 0 aliphatic carbocycles. The number of carbonyl (C=O) groups excluding carboxylic acids is 2. The maximum absolute atomic E-state index is 12.3. The summed E-state index contributed by atoms with van der Waals surface area (Å²) in [7, 11) is 1.35. The Kier molecular flexibility index (Phi) is 4.12. The number of anilines is 1. The van der Waals surface area contributed by atoms with Crippen LogP contribution in [0.15, 0.2) is 42.5 Å². The van der Waals surface area contributed by atoms with Gasteiger partial charge in [0.15, 0.2) is 5.78 Å². The lowest BCUT2D eigenvalue weighted by Crippen LogP contribution is -2.34. The standard InChI is InChI=1S/C18H18N2O3/c1-23-18(22)13-5-6-16-14(8-13)10-20(11-17(16)21)9-12-3-2-4-15(19)7-12/h2-8H,9-11,19H2,1H3. The molecule has 1 heterocycles. The van der Waals surface area contributed by atoms with Crippen molar-refractivity contribution in [2.24, 2.45) is 0 Å². The molecule has 1 aliphatic heterocycles. The number of rotatable bonds is 3. The van der Waals surface area contributed by atoms with Crippen molar-refractivity contribution < 1.29 is 14.3 Å². The first-order chi connectivity index (χ1) is 11.1. The number of nitrogens with two attached hydrogens (primary N) is 1. The number of hydrogen-bond acceptors (Lipinski definition) is 5. The van der Waals surface area contributed by atoms with Crippen molar-refractivity contribution in [3.8, 4) is 0 Å². The topological polar surface area (TPSA) is 72.6 Å². The summed E-state index contributed by atoms with van der Waals surface area (Å²) in [4.78, 5) is 26.0. The highest BCUT2D eigenvalue weighted by Gasteiger charge is 2.24. The van der Waals surface area contributed by atoms with Gasteiger partial charge in [-0.1, -0.05) is 18.2 Å². The molecule has 3 rings (SSSR count). The Morgan fingerprint density at radius 2 is 2.04 bits per heavy atom. The van der Waals surface area contributed by atoms with Gasteiger partial charge in [-0.15, -0.1) is 0 Å². The Morgan fingerprint density at radius 1 is 1.22 bits per heavy atom. The summed E-state index contributed by atoms with van der Waals surface area (Å²) in [5.41, 5.74) is 9.57. The van der Waals surface area contributed by atoms with Crippen molar-refractivity contribution in [2.75, 3.05) is 19.4 Å². The Hall–Kier alpha value is -2.66. The number of Topliss-reactive ketones (excluding diaryl/α,β-unsaturated/α-hetero) is 1. The van der Waals surface area contributed by atoms with E-state index in [1.807, 2.05) is 29.2 Å². The molecule has 23 heavy (non-hydrogen) atoms. The van der Waals surface area contributed by atoms with Crippen molar-refractivity contribution in [3.05, 3.63) is 64.7 Å². The summed E-state index contributed by atoms with van der Waals surface area (Å²) in [6, 6.07) is 12.7. The number of methoxy groups -OCH3 is 1. The van der Waals surface area contributed by atoms with E-state index in [-0.39, 0.29) is 5.78 Å². The second-order valence-electron chi connectivity index (χ2n) is 5.68. The van der Waals surface area contributed by atoms with Crippen LogP contribution in [0.25, 0.3) is 0 Å². The van der Waals surface area contributed by atoms with Gasteiger partial charge >= 0.3 is 5.97 Å². The molecule has 0 aromatic heterocycles. The van der Waals surface area contributed by atoms with Gasteiger partial charge in [0.25, 0.3) is 0 Å². The van der Waals surface area contributed by atoms with E-state index in [1.165, 1.54) is 7.11 Å². The van der Waals surface area contributed by atoms with Gasteiger partial charge in [0.1, 0.15) is 0 Å². The molecule has 0 fully saturated rings. The highest BCUT2D eigenvalue weighted by molar-refractivity contribution is 6.01.